The highest BCUT2D eigenvalue weighted by Crippen LogP contribution is 2.16. The Labute approximate surface area is 91.2 Å². The molecule has 0 atom stereocenters. The average Bonchev–Trinajstić information content (AvgIpc) is 2.70. The fourth-order valence-electron chi connectivity index (χ4n) is 1.25. The number of nitrogens with two attached hydrogens (primary N) is 2. The number of anilines is 3. The predicted molar refractivity (Wildman–Crippen MR) is 59.7 cm³/mol. The first-order valence-corrected chi connectivity index (χ1v) is 4.53. The number of rotatable bonds is 2. The van der Waals surface area contributed by atoms with Gasteiger partial charge in [-0.1, -0.05) is 5.16 Å². The Morgan fingerprint density at radius 2 is 2.12 bits per heavy atom. The van der Waals surface area contributed by atoms with Gasteiger partial charge in [-0.25, -0.2) is 0 Å². The third-order valence-electron chi connectivity index (χ3n) is 2.00. The summed E-state index contributed by atoms with van der Waals surface area (Å²) in [5.74, 6) is -0.0207. The van der Waals surface area contributed by atoms with E-state index in [9.17, 15) is 4.79 Å². The lowest BCUT2D eigenvalue weighted by Crippen LogP contribution is -2.14. The van der Waals surface area contributed by atoms with Crippen LogP contribution in [0.5, 0.6) is 0 Å². The number of carbonyl (C=O) groups excluding carboxylic acids is 1. The highest BCUT2D eigenvalue weighted by Gasteiger charge is 2.10. The molecule has 16 heavy (non-hydrogen) atoms. The predicted octanol–water partition coefficient (Wildman–Crippen LogP) is 1.09. The molecule has 82 valence electrons. The van der Waals surface area contributed by atoms with Crippen LogP contribution in [0.1, 0.15) is 10.4 Å². The van der Waals surface area contributed by atoms with Crippen molar-refractivity contribution >= 4 is 23.1 Å². The molecule has 0 aliphatic rings. The molecule has 1 heterocycles. The zero-order valence-corrected chi connectivity index (χ0v) is 8.31. The van der Waals surface area contributed by atoms with Gasteiger partial charge in [-0.15, -0.1) is 0 Å². The normalized spacial score (nSPS) is 10.0. The van der Waals surface area contributed by atoms with Crippen molar-refractivity contribution in [3.05, 3.63) is 36.1 Å². The highest BCUT2D eigenvalue weighted by atomic mass is 16.5. The Morgan fingerprint density at radius 1 is 1.31 bits per heavy atom. The first-order valence-electron chi connectivity index (χ1n) is 4.53. The van der Waals surface area contributed by atoms with Crippen LogP contribution in [0.3, 0.4) is 0 Å². The maximum Gasteiger partial charge on any atom is 0.258 e. The molecule has 0 radical (unpaired) electrons. The molecule has 0 fully saturated rings. The van der Waals surface area contributed by atoms with Crippen molar-refractivity contribution in [2.75, 3.05) is 16.8 Å². The summed E-state index contributed by atoms with van der Waals surface area (Å²) in [6, 6.07) is 6.22. The standard InChI is InChI=1S/C10H10N4O2/c11-6-1-2-7(8(12)5-6)10(15)13-9-3-4-16-14-9/h1-5H,11-12H2,(H,13,14,15). The SMILES string of the molecule is Nc1ccc(C(=O)Nc2ccon2)c(N)c1. The first kappa shape index (κ1) is 10.0. The molecule has 0 aliphatic carbocycles. The number of aromatic nitrogens is 1. The van der Waals surface area contributed by atoms with E-state index in [2.05, 4.69) is 15.0 Å². The summed E-state index contributed by atoms with van der Waals surface area (Å²) in [7, 11) is 0. The zero-order valence-electron chi connectivity index (χ0n) is 8.31. The molecular weight excluding hydrogens is 208 g/mol. The number of carbonyl (C=O) groups is 1. The van der Waals surface area contributed by atoms with E-state index >= 15 is 0 Å². The third-order valence-corrected chi connectivity index (χ3v) is 2.00. The van der Waals surface area contributed by atoms with Gasteiger partial charge in [0.05, 0.1) is 5.56 Å². The lowest BCUT2D eigenvalue weighted by Gasteiger charge is -2.05. The van der Waals surface area contributed by atoms with E-state index in [0.717, 1.165) is 0 Å². The summed E-state index contributed by atoms with van der Waals surface area (Å²) in [5.41, 5.74) is 12.4. The molecule has 5 N–H and O–H groups in total. The minimum atomic E-state index is -0.355. The van der Waals surface area contributed by atoms with Crippen LogP contribution in [0.25, 0.3) is 0 Å². The van der Waals surface area contributed by atoms with Crippen molar-refractivity contribution in [2.24, 2.45) is 0 Å². The number of nitrogens with one attached hydrogen (secondary N) is 1. The van der Waals surface area contributed by atoms with Crippen LogP contribution in [0.15, 0.2) is 35.1 Å². The number of benzene rings is 1. The van der Waals surface area contributed by atoms with E-state index in [0.29, 0.717) is 22.8 Å². The van der Waals surface area contributed by atoms with Crippen LogP contribution in [-0.2, 0) is 0 Å². The van der Waals surface area contributed by atoms with Crippen molar-refractivity contribution in [3.63, 3.8) is 0 Å². The van der Waals surface area contributed by atoms with Gasteiger partial charge in [-0.05, 0) is 18.2 Å². The molecule has 0 spiro atoms. The number of nitrogens with zero attached hydrogens (tertiary/aromatic N) is 1. The second kappa shape index (κ2) is 3.93. The number of amides is 1. The summed E-state index contributed by atoms with van der Waals surface area (Å²) in [5, 5.41) is 6.09. The molecular formula is C10H10N4O2. The second-order valence-electron chi connectivity index (χ2n) is 3.19. The fourth-order valence-corrected chi connectivity index (χ4v) is 1.25. The van der Waals surface area contributed by atoms with Crippen LogP contribution in [-0.4, -0.2) is 11.1 Å². The minimum Gasteiger partial charge on any atom is -0.399 e. The van der Waals surface area contributed by atoms with Gasteiger partial charge in [0.25, 0.3) is 5.91 Å². The topological polar surface area (TPSA) is 107 Å². The van der Waals surface area contributed by atoms with Gasteiger partial charge in [-0.2, -0.15) is 0 Å². The molecule has 6 heteroatoms. The van der Waals surface area contributed by atoms with Crippen LogP contribution in [0.4, 0.5) is 17.2 Å². The van der Waals surface area contributed by atoms with Gasteiger partial charge in [0.2, 0.25) is 0 Å². The molecule has 0 saturated carbocycles. The van der Waals surface area contributed by atoms with E-state index in [-0.39, 0.29) is 5.91 Å². The maximum absolute atomic E-state index is 11.7. The van der Waals surface area contributed by atoms with Gasteiger partial charge in [0.1, 0.15) is 6.26 Å². The molecule has 1 amide bonds. The van der Waals surface area contributed by atoms with Crippen LogP contribution in [0, 0.1) is 0 Å². The lowest BCUT2D eigenvalue weighted by molar-refractivity contribution is 0.102. The Balaban J connectivity index is 2.21. The monoisotopic (exact) mass is 218 g/mol. The number of nitrogen functional groups attached to an aromatic ring is 2. The van der Waals surface area contributed by atoms with Gasteiger partial charge in [0, 0.05) is 17.4 Å². The highest BCUT2D eigenvalue weighted by molar-refractivity contribution is 6.07. The van der Waals surface area contributed by atoms with E-state index < -0.39 is 0 Å². The summed E-state index contributed by atoms with van der Waals surface area (Å²) in [6.45, 7) is 0. The smallest absolute Gasteiger partial charge is 0.258 e. The lowest BCUT2D eigenvalue weighted by atomic mass is 10.1. The first-order chi connectivity index (χ1) is 7.66. The van der Waals surface area contributed by atoms with Crippen molar-refractivity contribution in [2.45, 2.75) is 0 Å². The van der Waals surface area contributed by atoms with Gasteiger partial charge >= 0.3 is 0 Å². The Morgan fingerprint density at radius 3 is 2.75 bits per heavy atom. The van der Waals surface area contributed by atoms with E-state index in [4.69, 9.17) is 11.5 Å². The van der Waals surface area contributed by atoms with Crippen LogP contribution >= 0.6 is 0 Å². The van der Waals surface area contributed by atoms with Crippen molar-refractivity contribution < 1.29 is 9.32 Å². The molecule has 1 aromatic carbocycles. The number of hydrogen-bond acceptors (Lipinski definition) is 5. The van der Waals surface area contributed by atoms with E-state index in [1.54, 1.807) is 12.1 Å². The largest absolute Gasteiger partial charge is 0.399 e. The number of hydrogen-bond donors (Lipinski definition) is 3. The maximum atomic E-state index is 11.7. The van der Waals surface area contributed by atoms with E-state index in [1.807, 2.05) is 0 Å². The van der Waals surface area contributed by atoms with E-state index in [1.165, 1.54) is 18.4 Å². The van der Waals surface area contributed by atoms with Gasteiger partial charge in [-0.3, -0.25) is 4.79 Å². The third kappa shape index (κ3) is 1.95. The molecule has 0 saturated heterocycles. The summed E-state index contributed by atoms with van der Waals surface area (Å²) in [6.07, 6.45) is 1.36. The molecule has 2 rings (SSSR count). The molecule has 1 aromatic heterocycles. The quantitative estimate of drug-likeness (QED) is 0.654. The van der Waals surface area contributed by atoms with Crippen molar-refractivity contribution in [1.29, 1.82) is 0 Å². The van der Waals surface area contributed by atoms with Crippen molar-refractivity contribution in [3.8, 4) is 0 Å². The fraction of sp³-hybridized carbons (Fsp3) is 0. The summed E-state index contributed by atoms with van der Waals surface area (Å²) >= 11 is 0. The molecule has 2 aromatic rings. The van der Waals surface area contributed by atoms with Gasteiger partial charge < -0.3 is 21.3 Å². The second-order valence-corrected chi connectivity index (χ2v) is 3.19. The van der Waals surface area contributed by atoms with Crippen LogP contribution in [0.2, 0.25) is 0 Å². The molecule has 0 aliphatic heterocycles. The zero-order chi connectivity index (χ0) is 11.5. The Bertz CT molecular complexity index is 508. The van der Waals surface area contributed by atoms with Crippen molar-refractivity contribution in [1.82, 2.24) is 5.16 Å². The molecule has 0 bridgehead atoms. The average molecular weight is 218 g/mol. The molecule has 0 unspecified atom stereocenters. The summed E-state index contributed by atoms with van der Waals surface area (Å²) in [4.78, 5) is 11.7. The Kier molecular flexibility index (Phi) is 2.47. The van der Waals surface area contributed by atoms with Crippen LogP contribution < -0.4 is 16.8 Å². The van der Waals surface area contributed by atoms with Gasteiger partial charge in [0.15, 0.2) is 5.82 Å². The Hall–Kier alpha value is -2.50. The summed E-state index contributed by atoms with van der Waals surface area (Å²) < 4.78 is 4.58. The minimum absolute atomic E-state index is 0.320. The molecule has 6 nitrogen and oxygen atoms in total.